The third kappa shape index (κ3) is 2.94. The molecule has 4 heterocycles. The number of nitrogen functional groups attached to an aromatic ring is 1. The Morgan fingerprint density at radius 3 is 2.97 bits per heavy atom. The first kappa shape index (κ1) is 18.5. The molecule has 31 heavy (non-hydrogen) atoms. The van der Waals surface area contributed by atoms with Crippen molar-refractivity contribution in [1.29, 1.82) is 0 Å². The molecule has 160 valence electrons. The Morgan fingerprint density at radius 1 is 1.19 bits per heavy atom. The van der Waals surface area contributed by atoms with E-state index in [9.17, 15) is 0 Å². The molecule has 0 bridgehead atoms. The quantitative estimate of drug-likeness (QED) is 0.528. The lowest BCUT2D eigenvalue weighted by molar-refractivity contribution is -0.161. The molecule has 10 nitrogen and oxygen atoms in total. The van der Waals surface area contributed by atoms with Gasteiger partial charge in [-0.15, -0.1) is 5.10 Å². The van der Waals surface area contributed by atoms with Crippen molar-refractivity contribution in [2.24, 2.45) is 5.92 Å². The van der Waals surface area contributed by atoms with Gasteiger partial charge in [0.05, 0.1) is 24.1 Å². The summed E-state index contributed by atoms with van der Waals surface area (Å²) in [5.74, 6) is 0.558. The van der Waals surface area contributed by atoms with E-state index in [0.29, 0.717) is 29.3 Å². The van der Waals surface area contributed by atoms with Crippen molar-refractivity contribution in [3.05, 3.63) is 36.8 Å². The molecule has 2 fully saturated rings. The SMILES string of the molecule is CC1(C)O[C@@H]2[C@@H](COc3cccc4onnc34)C[C@@H](n3ccc4c(N)ncnc43)[C@@H]2O1. The van der Waals surface area contributed by atoms with Crippen LogP contribution in [0.2, 0.25) is 0 Å². The Kier molecular flexibility index (Phi) is 3.96. The van der Waals surface area contributed by atoms with Gasteiger partial charge < -0.3 is 29.0 Å². The highest BCUT2D eigenvalue weighted by Gasteiger charge is 2.55. The van der Waals surface area contributed by atoms with Crippen molar-refractivity contribution in [2.45, 2.75) is 44.3 Å². The minimum atomic E-state index is -0.667. The number of hydrogen-bond acceptors (Lipinski definition) is 9. The van der Waals surface area contributed by atoms with Crippen LogP contribution < -0.4 is 10.5 Å². The fourth-order valence-electron chi connectivity index (χ4n) is 4.84. The molecule has 0 radical (unpaired) electrons. The van der Waals surface area contributed by atoms with Gasteiger partial charge in [-0.3, -0.25) is 0 Å². The third-order valence-corrected chi connectivity index (χ3v) is 6.14. The molecule has 4 aromatic rings. The molecule has 1 aliphatic carbocycles. The molecular formula is C21H22N6O4. The average Bonchev–Trinajstić information content (AvgIpc) is 3.49. The molecule has 10 heteroatoms. The summed E-state index contributed by atoms with van der Waals surface area (Å²) in [6, 6.07) is 7.52. The molecule has 0 spiro atoms. The summed E-state index contributed by atoms with van der Waals surface area (Å²) in [5, 5.41) is 8.48. The third-order valence-electron chi connectivity index (χ3n) is 6.14. The van der Waals surface area contributed by atoms with E-state index in [-0.39, 0.29) is 24.2 Å². The zero-order valence-electron chi connectivity index (χ0n) is 17.1. The summed E-state index contributed by atoms with van der Waals surface area (Å²) in [6.45, 7) is 4.34. The van der Waals surface area contributed by atoms with Gasteiger partial charge in [0.1, 0.15) is 23.9 Å². The lowest BCUT2D eigenvalue weighted by Crippen LogP contribution is -2.29. The van der Waals surface area contributed by atoms with Gasteiger partial charge in [-0.05, 0) is 38.5 Å². The van der Waals surface area contributed by atoms with E-state index in [1.807, 2.05) is 44.3 Å². The van der Waals surface area contributed by atoms with Gasteiger partial charge >= 0.3 is 0 Å². The molecule has 4 atom stereocenters. The van der Waals surface area contributed by atoms with Gasteiger partial charge in [0.2, 0.25) is 0 Å². The number of ether oxygens (including phenoxy) is 3. The first-order valence-electron chi connectivity index (χ1n) is 10.3. The van der Waals surface area contributed by atoms with E-state index in [1.54, 1.807) is 0 Å². The minimum absolute atomic E-state index is 0.0386. The van der Waals surface area contributed by atoms with E-state index in [0.717, 1.165) is 17.5 Å². The van der Waals surface area contributed by atoms with Gasteiger partial charge in [-0.25, -0.2) is 9.97 Å². The Bertz CT molecular complexity index is 1270. The Hall–Kier alpha value is -3.24. The minimum Gasteiger partial charge on any atom is -0.491 e. The van der Waals surface area contributed by atoms with Gasteiger partial charge in [0, 0.05) is 17.4 Å². The monoisotopic (exact) mass is 422 g/mol. The molecule has 6 rings (SSSR count). The highest BCUT2D eigenvalue weighted by atomic mass is 16.8. The number of hydrogen-bond donors (Lipinski definition) is 1. The second-order valence-electron chi connectivity index (χ2n) is 8.53. The Morgan fingerprint density at radius 2 is 2.06 bits per heavy atom. The standard InChI is InChI=1S/C21H22N6O4/c1-21(2)29-17-11(9-28-14-4-3-5-15-16(14)25-26-31-15)8-13(18(17)30-21)27-7-6-12-19(22)23-10-24-20(12)27/h3-7,10-11,13,17-18H,8-9H2,1-2H3,(H2,22,23,24)/t11-,13-,17-,18+/m1/s1. The molecule has 2 aliphatic rings. The maximum Gasteiger partial charge on any atom is 0.191 e. The van der Waals surface area contributed by atoms with Crippen molar-refractivity contribution in [3.63, 3.8) is 0 Å². The maximum atomic E-state index is 6.32. The van der Waals surface area contributed by atoms with Gasteiger partial charge in [0.15, 0.2) is 22.6 Å². The molecule has 1 aromatic carbocycles. The van der Waals surface area contributed by atoms with Gasteiger partial charge in [-0.2, -0.15) is 0 Å². The van der Waals surface area contributed by atoms with Crippen LogP contribution >= 0.6 is 0 Å². The predicted octanol–water partition coefficient (Wildman–Crippen LogP) is 2.71. The fraction of sp³-hybridized carbons (Fsp3) is 0.429. The van der Waals surface area contributed by atoms with Crippen LogP contribution in [0.25, 0.3) is 22.1 Å². The van der Waals surface area contributed by atoms with E-state index in [2.05, 4.69) is 24.9 Å². The van der Waals surface area contributed by atoms with Crippen LogP contribution in [-0.2, 0) is 9.47 Å². The van der Waals surface area contributed by atoms with Crippen molar-refractivity contribution in [3.8, 4) is 5.75 Å². The molecule has 1 saturated heterocycles. The summed E-state index contributed by atoms with van der Waals surface area (Å²) in [7, 11) is 0. The van der Waals surface area contributed by atoms with Crippen LogP contribution in [0.5, 0.6) is 5.75 Å². The first-order chi connectivity index (χ1) is 15.0. The zero-order valence-corrected chi connectivity index (χ0v) is 17.1. The average molecular weight is 422 g/mol. The van der Waals surface area contributed by atoms with Crippen LogP contribution in [-0.4, -0.2) is 49.5 Å². The lowest BCUT2D eigenvalue weighted by Gasteiger charge is -2.24. The number of fused-ring (bicyclic) bond motifs is 3. The molecule has 1 saturated carbocycles. The number of benzene rings is 1. The van der Waals surface area contributed by atoms with Gasteiger partial charge in [0.25, 0.3) is 0 Å². The normalized spacial score (nSPS) is 27.2. The second-order valence-corrected chi connectivity index (χ2v) is 8.53. The summed E-state index contributed by atoms with van der Waals surface area (Å²) >= 11 is 0. The van der Waals surface area contributed by atoms with Crippen LogP contribution in [0.4, 0.5) is 5.82 Å². The Balaban J connectivity index is 1.31. The largest absolute Gasteiger partial charge is 0.491 e. The molecule has 2 N–H and O–H groups in total. The predicted molar refractivity (Wildman–Crippen MR) is 110 cm³/mol. The topological polar surface area (TPSA) is 123 Å². The van der Waals surface area contributed by atoms with Crippen LogP contribution in [0, 0.1) is 5.92 Å². The summed E-state index contributed by atoms with van der Waals surface area (Å²) in [6.07, 6.45) is 4.07. The van der Waals surface area contributed by atoms with E-state index < -0.39 is 5.79 Å². The van der Waals surface area contributed by atoms with Crippen molar-refractivity contribution in [2.75, 3.05) is 12.3 Å². The van der Waals surface area contributed by atoms with E-state index in [4.69, 9.17) is 24.5 Å². The van der Waals surface area contributed by atoms with E-state index in [1.165, 1.54) is 6.33 Å². The number of rotatable bonds is 4. The summed E-state index contributed by atoms with van der Waals surface area (Å²) in [5.41, 5.74) is 8.04. The van der Waals surface area contributed by atoms with Crippen LogP contribution in [0.1, 0.15) is 26.3 Å². The second kappa shape index (κ2) is 6.63. The molecule has 1 aliphatic heterocycles. The molecule has 0 amide bonds. The van der Waals surface area contributed by atoms with Crippen molar-refractivity contribution in [1.82, 2.24) is 24.9 Å². The summed E-state index contributed by atoms with van der Waals surface area (Å²) in [4.78, 5) is 8.56. The first-order valence-corrected chi connectivity index (χ1v) is 10.3. The highest BCUT2D eigenvalue weighted by molar-refractivity contribution is 5.86. The van der Waals surface area contributed by atoms with Crippen molar-refractivity contribution >= 4 is 28.0 Å². The number of nitrogens with two attached hydrogens (primary N) is 1. The highest BCUT2D eigenvalue weighted by Crippen LogP contribution is 2.48. The summed E-state index contributed by atoms with van der Waals surface area (Å²) < 4.78 is 26.0. The smallest absolute Gasteiger partial charge is 0.191 e. The maximum absolute atomic E-state index is 6.32. The molecule has 3 aromatic heterocycles. The number of anilines is 1. The van der Waals surface area contributed by atoms with Crippen LogP contribution in [0.15, 0.2) is 41.3 Å². The zero-order chi connectivity index (χ0) is 21.2. The van der Waals surface area contributed by atoms with Crippen molar-refractivity contribution < 1.29 is 18.7 Å². The van der Waals surface area contributed by atoms with Gasteiger partial charge in [-0.1, -0.05) is 6.07 Å². The lowest BCUT2D eigenvalue weighted by atomic mass is 10.1. The fourth-order valence-corrected chi connectivity index (χ4v) is 4.84. The van der Waals surface area contributed by atoms with Crippen LogP contribution in [0.3, 0.4) is 0 Å². The number of nitrogens with zero attached hydrogens (tertiary/aromatic N) is 5. The molecular weight excluding hydrogens is 400 g/mol. The van der Waals surface area contributed by atoms with E-state index >= 15 is 0 Å². The molecule has 0 unspecified atom stereocenters. The number of aromatic nitrogens is 5. The Labute approximate surface area is 177 Å².